The highest BCUT2D eigenvalue weighted by Crippen LogP contribution is 2.40. The van der Waals surface area contributed by atoms with Crippen molar-refractivity contribution in [1.29, 1.82) is 5.26 Å². The maximum Gasteiger partial charge on any atom is 0.417 e. The Labute approximate surface area is 279 Å². The fourth-order valence-electron chi connectivity index (χ4n) is 5.56. The minimum atomic E-state index is -4.73. The van der Waals surface area contributed by atoms with Gasteiger partial charge >= 0.3 is 12.2 Å². The molecule has 1 N–H and O–H groups in total. The number of alkyl halides is 3. The second-order valence-corrected chi connectivity index (χ2v) is 10.9. The fraction of sp³-hybridized carbons (Fsp3) is 0.265. The first kappa shape index (κ1) is 33.0. The van der Waals surface area contributed by atoms with E-state index in [-0.39, 0.29) is 23.6 Å². The Morgan fingerprint density at radius 3 is 2.35 bits per heavy atom. The lowest BCUT2D eigenvalue weighted by molar-refractivity contribution is -0.137. The van der Waals surface area contributed by atoms with Crippen LogP contribution in [0.4, 0.5) is 30.8 Å². The van der Waals surface area contributed by atoms with Gasteiger partial charge in [-0.05, 0) is 36.4 Å². The Bertz CT molecular complexity index is 2010. The van der Waals surface area contributed by atoms with E-state index in [0.29, 0.717) is 61.2 Å². The number of hydrogen-bond acceptors (Lipinski definition) is 12. The number of piperazine rings is 1. The number of ether oxygens (including phenoxy) is 4. The number of methoxy groups -OCH3 is 3. The monoisotopic (exact) mass is 672 g/mol. The van der Waals surface area contributed by atoms with Crippen molar-refractivity contribution in [3.8, 4) is 35.1 Å². The normalized spacial score (nSPS) is 13.5. The molecule has 0 amide bonds. The van der Waals surface area contributed by atoms with Crippen molar-refractivity contribution in [1.82, 2.24) is 24.8 Å². The van der Waals surface area contributed by atoms with Gasteiger partial charge in [-0.1, -0.05) is 24.3 Å². The first-order chi connectivity index (χ1) is 23.7. The molecule has 1 fully saturated rings. The molecule has 6 rings (SSSR count). The highest BCUT2D eigenvalue weighted by molar-refractivity contribution is 5.84. The molecule has 12 nitrogen and oxygen atoms in total. The van der Waals surface area contributed by atoms with Gasteiger partial charge in [-0.25, -0.2) is 0 Å². The minimum Gasteiger partial charge on any atom is -0.493 e. The number of aromatic nitrogens is 4. The summed E-state index contributed by atoms with van der Waals surface area (Å²) < 4.78 is 63.8. The molecule has 0 saturated carbocycles. The molecule has 3 aromatic carbocycles. The Kier molecular flexibility index (Phi) is 9.49. The molecule has 0 bridgehead atoms. The SMILES string of the molecule is COc1ccc(CN2CCN(c3nc(Nc4ccc(C#N)c(C(F)(F)F)c4)nc(Oc4cccc5cccnc45)n3)CC2)c(OC)c1OC. The molecule has 0 radical (unpaired) electrons. The molecule has 0 atom stereocenters. The van der Waals surface area contributed by atoms with Crippen LogP contribution in [0.5, 0.6) is 29.0 Å². The number of hydrogen-bond donors (Lipinski definition) is 1. The number of nitrogens with one attached hydrogen (secondary N) is 1. The topological polar surface area (TPSA) is 131 Å². The fourth-order valence-corrected chi connectivity index (χ4v) is 5.56. The zero-order valence-corrected chi connectivity index (χ0v) is 26.8. The third-order valence-electron chi connectivity index (χ3n) is 7.94. The molecular formula is C34H31F3N8O4. The number of benzene rings is 3. The predicted octanol–water partition coefficient (Wildman–Crippen LogP) is 6.19. The van der Waals surface area contributed by atoms with Crippen LogP contribution in [0.15, 0.2) is 66.9 Å². The summed E-state index contributed by atoms with van der Waals surface area (Å²) in [7, 11) is 4.71. The highest BCUT2D eigenvalue weighted by Gasteiger charge is 2.34. The van der Waals surface area contributed by atoms with Crippen molar-refractivity contribution in [3.05, 3.63) is 83.6 Å². The van der Waals surface area contributed by atoms with Crippen LogP contribution < -0.4 is 29.2 Å². The van der Waals surface area contributed by atoms with Crippen LogP contribution in [0.1, 0.15) is 16.7 Å². The molecule has 1 aliphatic heterocycles. The molecule has 0 aliphatic carbocycles. The van der Waals surface area contributed by atoms with Gasteiger partial charge in [0.1, 0.15) is 5.52 Å². The lowest BCUT2D eigenvalue weighted by Gasteiger charge is -2.35. The van der Waals surface area contributed by atoms with Gasteiger partial charge in [-0.3, -0.25) is 9.88 Å². The van der Waals surface area contributed by atoms with Gasteiger partial charge in [0.2, 0.25) is 17.6 Å². The van der Waals surface area contributed by atoms with E-state index in [4.69, 9.17) is 18.9 Å². The number of nitrogens with zero attached hydrogens (tertiary/aromatic N) is 7. The number of anilines is 3. The van der Waals surface area contributed by atoms with Crippen LogP contribution in [-0.2, 0) is 12.7 Å². The predicted molar refractivity (Wildman–Crippen MR) is 175 cm³/mol. The number of rotatable bonds is 10. The Hall–Kier alpha value is -5.88. The molecule has 252 valence electrons. The van der Waals surface area contributed by atoms with Crippen molar-refractivity contribution in [3.63, 3.8) is 0 Å². The first-order valence-corrected chi connectivity index (χ1v) is 15.1. The van der Waals surface area contributed by atoms with Crippen LogP contribution in [0.25, 0.3) is 10.9 Å². The van der Waals surface area contributed by atoms with Crippen LogP contribution in [-0.4, -0.2) is 72.3 Å². The van der Waals surface area contributed by atoms with E-state index in [1.54, 1.807) is 39.7 Å². The van der Waals surface area contributed by atoms with Crippen LogP contribution in [0.2, 0.25) is 0 Å². The van der Waals surface area contributed by atoms with E-state index in [9.17, 15) is 18.4 Å². The van der Waals surface area contributed by atoms with Crippen molar-refractivity contribution >= 4 is 28.5 Å². The molecule has 2 aromatic heterocycles. The second kappa shape index (κ2) is 14.1. The largest absolute Gasteiger partial charge is 0.493 e. The number of fused-ring (bicyclic) bond motifs is 1. The Morgan fingerprint density at radius 1 is 0.857 bits per heavy atom. The number of pyridine rings is 1. The molecule has 5 aromatic rings. The van der Waals surface area contributed by atoms with Crippen molar-refractivity contribution in [2.75, 3.05) is 57.7 Å². The van der Waals surface area contributed by atoms with Gasteiger partial charge in [0.05, 0.1) is 38.5 Å². The summed E-state index contributed by atoms with van der Waals surface area (Å²) >= 11 is 0. The van der Waals surface area contributed by atoms with Gasteiger partial charge in [0.15, 0.2) is 17.2 Å². The summed E-state index contributed by atoms with van der Waals surface area (Å²) in [6, 6.07) is 17.7. The lowest BCUT2D eigenvalue weighted by atomic mass is 10.1. The van der Waals surface area contributed by atoms with E-state index in [1.165, 1.54) is 6.07 Å². The van der Waals surface area contributed by atoms with E-state index in [1.807, 2.05) is 41.3 Å². The standard InChI is InChI=1S/C34H31F3N8O4/c1-46-27-12-10-23(29(47-2)30(27)48-3)20-44-14-16-45(17-15-44)32-41-31(40-24-11-9-22(19-38)25(18-24)34(35,36)37)42-33(43-32)49-26-8-4-6-21-7-5-13-39-28(21)26/h4-13,18H,14-17,20H2,1-3H3,(H,40,41,42,43). The third-order valence-corrected chi connectivity index (χ3v) is 7.94. The van der Waals surface area contributed by atoms with Crippen LogP contribution in [0.3, 0.4) is 0 Å². The van der Waals surface area contributed by atoms with E-state index < -0.39 is 17.3 Å². The summed E-state index contributed by atoms with van der Waals surface area (Å²) in [4.78, 5) is 22.1. The van der Waals surface area contributed by atoms with E-state index in [0.717, 1.165) is 23.1 Å². The van der Waals surface area contributed by atoms with Crippen molar-refractivity contribution in [2.45, 2.75) is 12.7 Å². The molecule has 15 heteroatoms. The summed E-state index contributed by atoms with van der Waals surface area (Å²) in [6.07, 6.45) is -3.09. The van der Waals surface area contributed by atoms with Crippen LogP contribution >= 0.6 is 0 Å². The second-order valence-electron chi connectivity index (χ2n) is 10.9. The Morgan fingerprint density at radius 2 is 1.63 bits per heavy atom. The number of halogens is 3. The molecule has 3 heterocycles. The van der Waals surface area contributed by atoms with Crippen LogP contribution in [0, 0.1) is 11.3 Å². The number of para-hydroxylation sites is 1. The van der Waals surface area contributed by atoms with Gasteiger partial charge in [-0.15, -0.1) is 0 Å². The summed E-state index contributed by atoms with van der Waals surface area (Å²) in [5.74, 6) is 2.31. The maximum absolute atomic E-state index is 13.7. The van der Waals surface area contributed by atoms with E-state index >= 15 is 0 Å². The summed E-state index contributed by atoms with van der Waals surface area (Å²) in [5, 5.41) is 12.9. The molecule has 0 unspecified atom stereocenters. The summed E-state index contributed by atoms with van der Waals surface area (Å²) in [5.41, 5.74) is -0.0157. The first-order valence-electron chi connectivity index (χ1n) is 15.1. The zero-order valence-electron chi connectivity index (χ0n) is 26.8. The minimum absolute atomic E-state index is 0.0370. The highest BCUT2D eigenvalue weighted by atomic mass is 19.4. The third kappa shape index (κ3) is 7.19. The molecule has 1 aliphatic rings. The van der Waals surface area contributed by atoms with Gasteiger partial charge in [0.25, 0.3) is 0 Å². The van der Waals surface area contributed by atoms with Crippen molar-refractivity contribution < 1.29 is 32.1 Å². The quantitative estimate of drug-likeness (QED) is 0.181. The van der Waals surface area contributed by atoms with E-state index in [2.05, 4.69) is 30.2 Å². The average molecular weight is 673 g/mol. The molecule has 49 heavy (non-hydrogen) atoms. The van der Waals surface area contributed by atoms with Gasteiger partial charge in [0, 0.05) is 55.6 Å². The number of nitriles is 1. The van der Waals surface area contributed by atoms with Gasteiger partial charge < -0.3 is 29.2 Å². The molecular weight excluding hydrogens is 641 g/mol. The molecule has 1 saturated heterocycles. The van der Waals surface area contributed by atoms with Crippen molar-refractivity contribution in [2.24, 2.45) is 0 Å². The average Bonchev–Trinajstić information content (AvgIpc) is 3.11. The Balaban J connectivity index is 1.28. The maximum atomic E-state index is 13.7. The lowest BCUT2D eigenvalue weighted by Crippen LogP contribution is -2.46. The summed E-state index contributed by atoms with van der Waals surface area (Å²) in [6.45, 7) is 2.93. The van der Waals surface area contributed by atoms with Gasteiger partial charge in [-0.2, -0.15) is 33.4 Å². The molecule has 0 spiro atoms. The smallest absolute Gasteiger partial charge is 0.417 e. The zero-order chi connectivity index (χ0) is 34.5.